The van der Waals surface area contributed by atoms with Gasteiger partial charge in [-0.25, -0.2) is 0 Å². The maximum Gasteiger partial charge on any atom is 0.0645 e. The van der Waals surface area contributed by atoms with Crippen LogP contribution in [0.25, 0.3) is 77.2 Å². The molecule has 0 saturated heterocycles. The second kappa shape index (κ2) is 15.0. The third kappa shape index (κ3) is 6.66. The highest BCUT2D eigenvalue weighted by Crippen LogP contribution is 2.41. The molecule has 0 aliphatic rings. The molecule has 10 aromatic rings. The Bertz CT molecular complexity index is 3670. The molecule has 0 saturated carbocycles. The van der Waals surface area contributed by atoms with Crippen molar-refractivity contribution in [1.82, 2.24) is 0 Å². The Morgan fingerprint density at radius 2 is 0.860 bits per heavy atom. The van der Waals surface area contributed by atoms with Gasteiger partial charge in [-0.3, -0.25) is 0 Å². The van der Waals surface area contributed by atoms with Crippen molar-refractivity contribution in [2.45, 2.75) is 0 Å². The summed E-state index contributed by atoms with van der Waals surface area (Å²) in [6, 6.07) is 41.6. The molecule has 0 atom stereocenters. The van der Waals surface area contributed by atoms with Gasteiger partial charge in [0.1, 0.15) is 0 Å². The minimum absolute atomic E-state index is 0.0146. The topological polar surface area (TPSA) is 3.24 Å². The van der Waals surface area contributed by atoms with Crippen LogP contribution in [-0.4, -0.2) is 0 Å². The van der Waals surface area contributed by atoms with E-state index in [1.807, 2.05) is 97.1 Å². The minimum Gasteiger partial charge on any atom is -0.311 e. The Kier molecular flexibility index (Phi) is 5.99. The molecule has 1 heteroatoms. The SMILES string of the molecule is [2H]c1c([2H])c([2H])c(-c2c([2H])c([2H])c(N(c3ccc(-c4cccc(-c5cccc6ccccc56)c4)cc3)c3c([2H])c([2H])c(-c4ccc5ccccc5c4-c4ccccc4)c([2H])c3[2H])c([2H])c2[2H])c([2H])c1[2H]. The summed E-state index contributed by atoms with van der Waals surface area (Å²) < 4.78 is 118. The molecule has 0 aliphatic carbocycles. The van der Waals surface area contributed by atoms with Gasteiger partial charge in [-0.2, -0.15) is 0 Å². The van der Waals surface area contributed by atoms with Crippen LogP contribution in [0.1, 0.15) is 17.8 Å². The molecule has 0 spiro atoms. The third-order valence-corrected chi connectivity index (χ3v) is 10.1. The minimum atomic E-state index is -0.739. The molecule has 268 valence electrons. The second-order valence-electron chi connectivity index (χ2n) is 13.5. The Morgan fingerprint density at radius 3 is 1.60 bits per heavy atom. The van der Waals surface area contributed by atoms with Crippen LogP contribution in [-0.2, 0) is 0 Å². The maximum absolute atomic E-state index is 9.72. The predicted molar refractivity (Wildman–Crippen MR) is 243 cm³/mol. The van der Waals surface area contributed by atoms with Crippen molar-refractivity contribution >= 4 is 38.6 Å². The van der Waals surface area contributed by atoms with Gasteiger partial charge in [0, 0.05) is 17.1 Å². The lowest BCUT2D eigenvalue weighted by Gasteiger charge is -2.26. The average Bonchev–Trinajstić information content (AvgIpc) is 3.39. The third-order valence-electron chi connectivity index (χ3n) is 10.1. The van der Waals surface area contributed by atoms with E-state index in [9.17, 15) is 11.0 Å². The highest BCUT2D eigenvalue weighted by atomic mass is 15.1. The molecule has 0 aliphatic heterocycles. The molecule has 57 heavy (non-hydrogen) atoms. The van der Waals surface area contributed by atoms with E-state index >= 15 is 0 Å². The Balaban J connectivity index is 1.20. The average molecular weight is 739 g/mol. The zero-order valence-corrected chi connectivity index (χ0v) is 30.5. The van der Waals surface area contributed by atoms with E-state index in [0.29, 0.717) is 11.1 Å². The van der Waals surface area contributed by atoms with E-state index in [-0.39, 0.29) is 16.9 Å². The highest BCUT2D eigenvalue weighted by Gasteiger charge is 2.16. The van der Waals surface area contributed by atoms with Gasteiger partial charge in [0.05, 0.1) is 17.8 Å². The fourth-order valence-corrected chi connectivity index (χ4v) is 7.38. The molecule has 1 nitrogen and oxygen atoms in total. The van der Waals surface area contributed by atoms with Crippen molar-refractivity contribution < 1.29 is 17.8 Å². The van der Waals surface area contributed by atoms with Crippen LogP contribution >= 0.6 is 0 Å². The normalized spacial score (nSPS) is 14.4. The van der Waals surface area contributed by atoms with Gasteiger partial charge in [-0.15, -0.1) is 0 Å². The van der Waals surface area contributed by atoms with Gasteiger partial charge in [0.2, 0.25) is 0 Å². The van der Waals surface area contributed by atoms with Gasteiger partial charge in [0.25, 0.3) is 0 Å². The van der Waals surface area contributed by atoms with Crippen molar-refractivity contribution in [2.24, 2.45) is 0 Å². The van der Waals surface area contributed by atoms with Gasteiger partial charge in [0.15, 0.2) is 0 Å². The van der Waals surface area contributed by atoms with Crippen molar-refractivity contribution in [2.75, 3.05) is 4.90 Å². The van der Waals surface area contributed by atoms with Gasteiger partial charge in [-0.05, 0) is 120 Å². The number of rotatable bonds is 8. The molecule has 0 heterocycles. The maximum atomic E-state index is 9.72. The monoisotopic (exact) mass is 738 g/mol. The number of nitrogens with zero attached hydrogens (tertiary/aromatic N) is 1. The first kappa shape index (κ1) is 22.8. The van der Waals surface area contributed by atoms with E-state index < -0.39 is 95.4 Å². The summed E-state index contributed by atoms with van der Waals surface area (Å²) in [7, 11) is 0. The number of fused-ring (bicyclic) bond motifs is 2. The second-order valence-corrected chi connectivity index (χ2v) is 13.5. The van der Waals surface area contributed by atoms with E-state index in [2.05, 4.69) is 30.3 Å². The summed E-state index contributed by atoms with van der Waals surface area (Å²) in [5.41, 5.74) is 3.93. The first-order chi connectivity index (χ1) is 33.7. The van der Waals surface area contributed by atoms with E-state index in [4.69, 9.17) is 6.85 Å². The molecular weight excluding hydrogens is 687 g/mol. The Morgan fingerprint density at radius 1 is 0.298 bits per heavy atom. The molecule has 0 unspecified atom stereocenters. The summed E-state index contributed by atoms with van der Waals surface area (Å²) in [5.74, 6) is 0. The first-order valence-electron chi connectivity index (χ1n) is 25.0. The lowest BCUT2D eigenvalue weighted by atomic mass is 9.90. The lowest BCUT2D eigenvalue weighted by molar-refractivity contribution is 1.28. The standard InChI is InChI=1S/C56H39N/c1-3-13-40(14-4-1)41-25-32-49(33-26-41)57(50-34-27-42(28-35-50)47-20-11-21-48(39-47)53-24-12-19-43-15-7-9-22-52(43)53)51-36-29-45(30-37-51)55-38-31-44-16-8-10-23-54(44)56(55)46-17-5-2-6-18-46/h1-39H/i1D,3D,4D,13D,14D,25D,26D,29D,30D,32D,33D,36D,37D. The summed E-state index contributed by atoms with van der Waals surface area (Å²) in [4.78, 5) is 1.19. The summed E-state index contributed by atoms with van der Waals surface area (Å²) >= 11 is 0. The molecule has 10 rings (SSSR count). The van der Waals surface area contributed by atoms with Crippen LogP contribution in [0.5, 0.6) is 0 Å². The van der Waals surface area contributed by atoms with Gasteiger partial charge >= 0.3 is 0 Å². The number of benzene rings is 10. The molecule has 0 radical (unpaired) electrons. The van der Waals surface area contributed by atoms with Crippen LogP contribution in [0.2, 0.25) is 0 Å². The van der Waals surface area contributed by atoms with Crippen LogP contribution in [0.3, 0.4) is 0 Å². The van der Waals surface area contributed by atoms with Gasteiger partial charge < -0.3 is 4.90 Å². The molecular formula is C56H39N. The van der Waals surface area contributed by atoms with E-state index in [0.717, 1.165) is 49.4 Å². The number of hydrogen-bond donors (Lipinski definition) is 0. The molecule has 0 N–H and O–H groups in total. The van der Waals surface area contributed by atoms with E-state index in [1.54, 1.807) is 30.3 Å². The van der Waals surface area contributed by atoms with Crippen molar-refractivity contribution in [1.29, 1.82) is 0 Å². The van der Waals surface area contributed by atoms with E-state index in [1.165, 1.54) is 4.90 Å². The summed E-state index contributed by atoms with van der Waals surface area (Å²) in [5, 5.41) is 3.93. The van der Waals surface area contributed by atoms with Crippen LogP contribution in [0, 0.1) is 0 Å². The Hall–Kier alpha value is -7.48. The number of hydrogen-bond acceptors (Lipinski definition) is 1. The fourth-order valence-electron chi connectivity index (χ4n) is 7.38. The largest absolute Gasteiger partial charge is 0.311 e. The van der Waals surface area contributed by atoms with Crippen molar-refractivity contribution in [3.63, 3.8) is 0 Å². The lowest BCUT2D eigenvalue weighted by Crippen LogP contribution is -2.09. The fraction of sp³-hybridized carbons (Fsp3) is 0. The summed E-state index contributed by atoms with van der Waals surface area (Å²) in [6.07, 6.45) is 0. The molecule has 0 amide bonds. The smallest absolute Gasteiger partial charge is 0.0645 e. The van der Waals surface area contributed by atoms with Crippen LogP contribution in [0.4, 0.5) is 17.1 Å². The summed E-state index contributed by atoms with van der Waals surface area (Å²) in [6.45, 7) is 0. The zero-order valence-electron chi connectivity index (χ0n) is 43.5. The zero-order chi connectivity index (χ0) is 49.3. The van der Waals surface area contributed by atoms with Gasteiger partial charge in [-0.1, -0.05) is 194 Å². The molecule has 0 fully saturated rings. The quantitative estimate of drug-likeness (QED) is 0.150. The molecule has 0 aromatic heterocycles. The van der Waals surface area contributed by atoms with Crippen molar-refractivity contribution in [3.8, 4) is 55.6 Å². The number of anilines is 3. The molecule has 0 bridgehead atoms. The predicted octanol–water partition coefficient (Wildman–Crippen LogP) is 15.8. The highest BCUT2D eigenvalue weighted by molar-refractivity contribution is 6.04. The first-order valence-corrected chi connectivity index (χ1v) is 18.5. The molecule has 10 aromatic carbocycles. The van der Waals surface area contributed by atoms with Crippen molar-refractivity contribution in [3.05, 3.63) is 236 Å². The van der Waals surface area contributed by atoms with Crippen LogP contribution < -0.4 is 4.90 Å². The Labute approximate surface area is 352 Å². The van der Waals surface area contributed by atoms with Crippen LogP contribution in [0.15, 0.2) is 236 Å².